The Hall–Kier alpha value is -2.54. The maximum absolute atomic E-state index is 3.30. The van der Waals surface area contributed by atoms with Crippen molar-refractivity contribution < 1.29 is 67.6 Å². The number of H-pyrrole nitrogens is 2. The normalized spacial score (nSPS) is 7.14. The summed E-state index contributed by atoms with van der Waals surface area (Å²) in [5.74, 6) is 1.93. The van der Waals surface area contributed by atoms with Crippen molar-refractivity contribution in [3.63, 3.8) is 0 Å². The zero-order chi connectivity index (χ0) is 13.6. The molecule has 1 aromatic carbocycles. The summed E-state index contributed by atoms with van der Waals surface area (Å²) in [6.07, 6.45) is 3.78. The smallest absolute Gasteiger partial charge is 0.277 e. The van der Waals surface area contributed by atoms with Crippen molar-refractivity contribution in [2.75, 3.05) is 10.6 Å². The van der Waals surface area contributed by atoms with Crippen LogP contribution >= 0.6 is 0 Å². The number of aromatic amines is 2. The van der Waals surface area contributed by atoms with Gasteiger partial charge in [-0.05, 0) is 36.4 Å². The number of hydrogen-bond acceptors (Lipinski definition) is 2. The highest BCUT2D eigenvalue weighted by atomic mass is 35.5. The lowest BCUT2D eigenvalue weighted by molar-refractivity contribution is -0.361. The molecule has 16 N–H and O–H groups in total. The van der Waals surface area contributed by atoms with Gasteiger partial charge in [0.2, 0.25) is 0 Å². The van der Waals surface area contributed by atoms with Gasteiger partial charge in [-0.25, -0.2) is 20.6 Å². The second-order valence-corrected chi connectivity index (χ2v) is 4.38. The Labute approximate surface area is 174 Å². The van der Waals surface area contributed by atoms with Crippen LogP contribution < -0.4 is 45.4 Å². The van der Waals surface area contributed by atoms with E-state index < -0.39 is 0 Å². The standard InChI is InChI=1S/C16H14N4.2ClH.6H2O/c1-3-11-17-15(5-1)19-13-7-9-14(10-8-13)20-16-6-2-4-12-18-16;;;;;;;;/h1-12H,(H,17,19)(H,18,20);2*1H;6*1H2. The summed E-state index contributed by atoms with van der Waals surface area (Å²) in [5, 5.41) is 6.61. The number of pyridine rings is 2. The SMILES string of the molecule is O.O.O.O.O.O.[Cl-].[Cl-].c1ccc(Nc2ccc(Nc3cccc[nH+]3)cc2)[nH+]c1. The van der Waals surface area contributed by atoms with Gasteiger partial charge < -0.3 is 57.7 Å². The van der Waals surface area contributed by atoms with Crippen LogP contribution in [0.2, 0.25) is 0 Å². The number of hydrogen-bond donors (Lipinski definition) is 2. The van der Waals surface area contributed by atoms with Gasteiger partial charge in [-0.1, -0.05) is 12.1 Å². The molecule has 12 heteroatoms. The topological polar surface area (TPSA) is 241 Å². The summed E-state index contributed by atoms with van der Waals surface area (Å²) < 4.78 is 0. The number of halogens is 2. The molecule has 162 valence electrons. The Morgan fingerprint density at radius 2 is 0.786 bits per heavy atom. The third-order valence-electron chi connectivity index (χ3n) is 2.86. The first kappa shape index (κ1) is 40.2. The maximum atomic E-state index is 3.30. The van der Waals surface area contributed by atoms with Gasteiger partial charge in [0.25, 0.3) is 11.6 Å². The Morgan fingerprint density at radius 3 is 1.04 bits per heavy atom. The Morgan fingerprint density at radius 1 is 0.464 bits per heavy atom. The fraction of sp³-hybridized carbons (Fsp3) is 0. The van der Waals surface area contributed by atoms with Crippen LogP contribution in [0.15, 0.2) is 73.1 Å². The van der Waals surface area contributed by atoms with Gasteiger partial charge in [-0.3, -0.25) is 0 Å². The molecule has 0 bridgehead atoms. The molecule has 2 aromatic heterocycles. The molecule has 10 nitrogen and oxygen atoms in total. The van der Waals surface area contributed by atoms with E-state index in [0.29, 0.717) is 0 Å². The van der Waals surface area contributed by atoms with E-state index in [9.17, 15) is 0 Å². The van der Waals surface area contributed by atoms with Crippen LogP contribution in [0.5, 0.6) is 0 Å². The Bertz CT molecular complexity index is 621. The zero-order valence-electron chi connectivity index (χ0n) is 14.7. The highest BCUT2D eigenvalue weighted by Gasteiger charge is 2.05. The van der Waals surface area contributed by atoms with E-state index in [2.05, 4.69) is 20.6 Å². The second kappa shape index (κ2) is 20.8. The first-order valence-corrected chi connectivity index (χ1v) is 6.48. The second-order valence-electron chi connectivity index (χ2n) is 4.38. The predicted octanol–water partition coefficient (Wildman–Crippen LogP) is -8.14. The largest absolute Gasteiger partial charge is 1.00 e. The molecule has 2 heterocycles. The van der Waals surface area contributed by atoms with E-state index in [1.165, 1.54) is 0 Å². The minimum absolute atomic E-state index is 0. The third-order valence-corrected chi connectivity index (χ3v) is 2.86. The summed E-state index contributed by atoms with van der Waals surface area (Å²) in [4.78, 5) is 6.28. The number of anilines is 4. The van der Waals surface area contributed by atoms with Crippen LogP contribution in [0.3, 0.4) is 0 Å². The monoisotopic (exact) mass is 442 g/mol. The molecule has 0 saturated carbocycles. The van der Waals surface area contributed by atoms with E-state index in [-0.39, 0.29) is 57.7 Å². The van der Waals surface area contributed by atoms with E-state index in [4.69, 9.17) is 0 Å². The summed E-state index contributed by atoms with van der Waals surface area (Å²) in [6, 6.07) is 20.0. The van der Waals surface area contributed by atoms with Crippen LogP contribution in [0.1, 0.15) is 0 Å². The van der Waals surface area contributed by atoms with Gasteiger partial charge >= 0.3 is 0 Å². The Balaban J connectivity index is -0.000000151. The molecule has 28 heavy (non-hydrogen) atoms. The van der Waals surface area contributed by atoms with Crippen molar-refractivity contribution in [2.24, 2.45) is 0 Å². The average Bonchev–Trinajstić information content (AvgIpc) is 2.51. The quantitative estimate of drug-likeness (QED) is 0.399. The number of nitrogens with one attached hydrogen (secondary N) is 4. The molecule has 0 aliphatic heterocycles. The van der Waals surface area contributed by atoms with Crippen LogP contribution in [-0.2, 0) is 0 Å². The van der Waals surface area contributed by atoms with Crippen LogP contribution in [-0.4, -0.2) is 32.9 Å². The summed E-state index contributed by atoms with van der Waals surface area (Å²) in [5.41, 5.74) is 2.07. The predicted molar refractivity (Wildman–Crippen MR) is 101 cm³/mol. The van der Waals surface area contributed by atoms with E-state index in [0.717, 1.165) is 23.0 Å². The number of rotatable bonds is 4. The zero-order valence-corrected chi connectivity index (χ0v) is 16.2. The summed E-state index contributed by atoms with van der Waals surface area (Å²) in [7, 11) is 0. The summed E-state index contributed by atoms with van der Waals surface area (Å²) in [6.45, 7) is 0. The average molecular weight is 443 g/mol. The molecule has 0 saturated heterocycles. The third kappa shape index (κ3) is 12.0. The van der Waals surface area contributed by atoms with E-state index in [1.54, 1.807) is 0 Å². The van der Waals surface area contributed by atoms with Crippen molar-refractivity contribution in [2.45, 2.75) is 0 Å². The molecular formula is C16H28Cl2N4O6. The highest BCUT2D eigenvalue weighted by Crippen LogP contribution is 2.18. The van der Waals surface area contributed by atoms with Gasteiger partial charge in [-0.15, -0.1) is 0 Å². The van der Waals surface area contributed by atoms with Crippen LogP contribution in [0.25, 0.3) is 0 Å². The van der Waals surface area contributed by atoms with Crippen molar-refractivity contribution in [3.05, 3.63) is 73.1 Å². The maximum Gasteiger partial charge on any atom is 0.277 e. The first-order valence-electron chi connectivity index (χ1n) is 6.48. The lowest BCUT2D eigenvalue weighted by atomic mass is 10.2. The van der Waals surface area contributed by atoms with Gasteiger partial charge in [-0.2, -0.15) is 0 Å². The highest BCUT2D eigenvalue weighted by molar-refractivity contribution is 5.61. The molecule has 0 radical (unpaired) electrons. The van der Waals surface area contributed by atoms with Gasteiger partial charge in [0.1, 0.15) is 11.4 Å². The first-order chi connectivity index (χ1) is 9.90. The minimum Gasteiger partial charge on any atom is -1.00 e. The molecular weight excluding hydrogens is 415 g/mol. The van der Waals surface area contributed by atoms with Crippen molar-refractivity contribution in [1.82, 2.24) is 0 Å². The number of benzene rings is 1. The fourth-order valence-electron chi connectivity index (χ4n) is 1.89. The molecule has 3 aromatic rings. The van der Waals surface area contributed by atoms with Crippen molar-refractivity contribution in [3.8, 4) is 0 Å². The molecule has 0 unspecified atom stereocenters. The molecule has 0 aliphatic rings. The molecule has 0 atom stereocenters. The molecule has 0 aliphatic carbocycles. The number of aromatic nitrogens is 2. The Kier molecular flexibility index (Phi) is 29.8. The molecule has 3 rings (SSSR count). The molecule has 0 fully saturated rings. The van der Waals surface area contributed by atoms with E-state index >= 15 is 0 Å². The van der Waals surface area contributed by atoms with Crippen LogP contribution in [0, 0.1) is 0 Å². The van der Waals surface area contributed by atoms with Crippen molar-refractivity contribution >= 4 is 23.0 Å². The van der Waals surface area contributed by atoms with Gasteiger partial charge in [0, 0.05) is 12.1 Å². The molecule has 0 spiro atoms. The van der Waals surface area contributed by atoms with Gasteiger partial charge in [0.15, 0.2) is 0 Å². The molecule has 0 amide bonds. The fourth-order valence-corrected chi connectivity index (χ4v) is 1.89. The van der Waals surface area contributed by atoms with Gasteiger partial charge in [0.05, 0.1) is 12.4 Å². The lowest BCUT2D eigenvalue weighted by Gasteiger charge is -2.00. The lowest BCUT2D eigenvalue weighted by Crippen LogP contribution is -3.00. The minimum atomic E-state index is 0. The van der Waals surface area contributed by atoms with E-state index in [1.807, 2.05) is 73.1 Å². The van der Waals surface area contributed by atoms with Crippen LogP contribution in [0.4, 0.5) is 23.0 Å². The van der Waals surface area contributed by atoms with Crippen molar-refractivity contribution in [1.29, 1.82) is 0 Å². The summed E-state index contributed by atoms with van der Waals surface area (Å²) >= 11 is 0.